The summed E-state index contributed by atoms with van der Waals surface area (Å²) in [5, 5.41) is 8.36. The molecule has 1 aromatic rings. The summed E-state index contributed by atoms with van der Waals surface area (Å²) in [6, 6.07) is 0.353. The molecule has 20 heavy (non-hydrogen) atoms. The summed E-state index contributed by atoms with van der Waals surface area (Å²) < 4.78 is 14.2. The fraction of sp³-hybridized carbons (Fsp3) is 0.867. The second-order valence-corrected chi connectivity index (χ2v) is 6.71. The molecular formula is C15H25N3O2. The summed E-state index contributed by atoms with van der Waals surface area (Å²) in [5.74, 6) is 0.162. The maximum atomic E-state index is 6.18. The molecule has 1 aliphatic heterocycles. The first-order chi connectivity index (χ1) is 9.47. The molecule has 4 atom stereocenters. The van der Waals surface area contributed by atoms with Crippen LogP contribution in [0.4, 0.5) is 0 Å². The molecule has 2 aliphatic rings. The third kappa shape index (κ3) is 2.61. The van der Waals surface area contributed by atoms with Crippen LogP contribution in [0.5, 0.6) is 0 Å². The molecule has 0 bridgehead atoms. The first-order valence-corrected chi connectivity index (χ1v) is 7.73. The number of hydrogen-bond acceptors (Lipinski definition) is 4. The van der Waals surface area contributed by atoms with Gasteiger partial charge in [0.05, 0.1) is 17.9 Å². The minimum atomic E-state index is -0.453. The van der Waals surface area contributed by atoms with Gasteiger partial charge in [-0.3, -0.25) is 0 Å². The Balaban J connectivity index is 1.58. The van der Waals surface area contributed by atoms with E-state index in [0.29, 0.717) is 18.1 Å². The maximum Gasteiger partial charge on any atom is 0.166 e. The van der Waals surface area contributed by atoms with E-state index in [9.17, 15) is 0 Å². The van der Waals surface area contributed by atoms with Gasteiger partial charge in [0.25, 0.3) is 0 Å². The summed E-state index contributed by atoms with van der Waals surface area (Å²) in [5.41, 5.74) is 1.01. The number of aryl methyl sites for hydroxylation is 1. The molecule has 5 nitrogen and oxygen atoms in total. The zero-order valence-corrected chi connectivity index (χ0v) is 12.9. The van der Waals surface area contributed by atoms with E-state index in [1.807, 2.05) is 10.9 Å². The monoisotopic (exact) mass is 279 g/mol. The molecule has 1 aromatic heterocycles. The first kappa shape index (κ1) is 14.0. The summed E-state index contributed by atoms with van der Waals surface area (Å²) in [7, 11) is 0. The lowest BCUT2D eigenvalue weighted by Crippen LogP contribution is -2.29. The van der Waals surface area contributed by atoms with Crippen LogP contribution in [0.3, 0.4) is 0 Å². The van der Waals surface area contributed by atoms with Crippen LogP contribution in [-0.2, 0) is 15.9 Å². The zero-order valence-electron chi connectivity index (χ0n) is 12.9. The van der Waals surface area contributed by atoms with Gasteiger partial charge in [0.15, 0.2) is 5.79 Å². The SMILES string of the molecule is CC1CCC2OC(C)(CCc3cn(C(C)C)nn3)OC12. The average molecular weight is 279 g/mol. The van der Waals surface area contributed by atoms with Crippen LogP contribution in [0.15, 0.2) is 6.20 Å². The van der Waals surface area contributed by atoms with Crippen molar-refractivity contribution in [1.29, 1.82) is 0 Å². The van der Waals surface area contributed by atoms with Crippen molar-refractivity contribution in [1.82, 2.24) is 15.0 Å². The van der Waals surface area contributed by atoms with Crippen molar-refractivity contribution in [2.24, 2.45) is 5.92 Å². The van der Waals surface area contributed by atoms with Gasteiger partial charge in [-0.15, -0.1) is 5.10 Å². The summed E-state index contributed by atoms with van der Waals surface area (Å²) in [6.45, 7) is 8.52. The van der Waals surface area contributed by atoms with Gasteiger partial charge in [0.2, 0.25) is 0 Å². The Kier molecular flexibility index (Phi) is 3.58. The highest BCUT2D eigenvalue weighted by molar-refractivity contribution is 4.97. The summed E-state index contributed by atoms with van der Waals surface area (Å²) in [6.07, 6.45) is 6.62. The van der Waals surface area contributed by atoms with Gasteiger partial charge in [0.1, 0.15) is 0 Å². The third-order valence-corrected chi connectivity index (χ3v) is 4.54. The second-order valence-electron chi connectivity index (χ2n) is 6.71. The van der Waals surface area contributed by atoms with E-state index < -0.39 is 5.79 Å². The van der Waals surface area contributed by atoms with Gasteiger partial charge in [-0.1, -0.05) is 12.1 Å². The molecular weight excluding hydrogens is 254 g/mol. The van der Waals surface area contributed by atoms with E-state index >= 15 is 0 Å². The highest BCUT2D eigenvalue weighted by Gasteiger charge is 2.49. The molecule has 1 saturated heterocycles. The Hall–Kier alpha value is -0.940. The standard InChI is InChI=1S/C15H25N3O2/c1-10(2)18-9-12(16-17-18)7-8-15(4)19-13-6-5-11(3)14(13)20-15/h9-11,13-14H,5-8H2,1-4H3. The Bertz CT molecular complexity index is 473. The highest BCUT2D eigenvalue weighted by atomic mass is 16.8. The Morgan fingerprint density at radius 2 is 2.20 bits per heavy atom. The van der Waals surface area contributed by atoms with Gasteiger partial charge in [-0.05, 0) is 46.0 Å². The van der Waals surface area contributed by atoms with Crippen molar-refractivity contribution < 1.29 is 9.47 Å². The fourth-order valence-electron chi connectivity index (χ4n) is 3.23. The van der Waals surface area contributed by atoms with Crippen molar-refractivity contribution in [3.8, 4) is 0 Å². The average Bonchev–Trinajstić information content (AvgIpc) is 3.05. The predicted octanol–water partition coefficient (Wildman–Crippen LogP) is 2.72. The lowest BCUT2D eigenvalue weighted by molar-refractivity contribution is -0.173. The number of hydrogen-bond donors (Lipinski definition) is 0. The minimum Gasteiger partial charge on any atom is -0.344 e. The van der Waals surface area contributed by atoms with Crippen LogP contribution in [0.2, 0.25) is 0 Å². The predicted molar refractivity (Wildman–Crippen MR) is 75.3 cm³/mol. The van der Waals surface area contributed by atoms with Crippen LogP contribution in [0, 0.1) is 5.92 Å². The van der Waals surface area contributed by atoms with Crippen molar-refractivity contribution in [2.45, 2.75) is 77.4 Å². The quantitative estimate of drug-likeness (QED) is 0.850. The van der Waals surface area contributed by atoms with Crippen LogP contribution in [0.1, 0.15) is 58.7 Å². The van der Waals surface area contributed by atoms with Crippen LogP contribution in [0.25, 0.3) is 0 Å². The molecule has 0 N–H and O–H groups in total. The molecule has 0 amide bonds. The number of nitrogens with zero attached hydrogens (tertiary/aromatic N) is 3. The number of fused-ring (bicyclic) bond motifs is 1. The number of ether oxygens (including phenoxy) is 2. The second kappa shape index (κ2) is 5.11. The normalized spacial score (nSPS) is 36.8. The molecule has 5 heteroatoms. The fourth-order valence-corrected chi connectivity index (χ4v) is 3.23. The van der Waals surface area contributed by atoms with E-state index in [0.717, 1.165) is 25.0 Å². The molecule has 0 spiro atoms. The largest absolute Gasteiger partial charge is 0.344 e. The Morgan fingerprint density at radius 3 is 2.85 bits per heavy atom. The lowest BCUT2D eigenvalue weighted by atomic mass is 10.1. The number of rotatable bonds is 4. The Labute approximate surface area is 120 Å². The molecule has 3 rings (SSSR count). The molecule has 0 radical (unpaired) electrons. The van der Waals surface area contributed by atoms with Crippen molar-refractivity contribution in [3.63, 3.8) is 0 Å². The van der Waals surface area contributed by atoms with Gasteiger partial charge in [0, 0.05) is 18.7 Å². The van der Waals surface area contributed by atoms with Crippen molar-refractivity contribution >= 4 is 0 Å². The van der Waals surface area contributed by atoms with E-state index in [1.165, 1.54) is 6.42 Å². The maximum absolute atomic E-state index is 6.18. The third-order valence-electron chi connectivity index (χ3n) is 4.54. The minimum absolute atomic E-state index is 0.284. The van der Waals surface area contributed by atoms with Crippen molar-refractivity contribution in [2.75, 3.05) is 0 Å². The van der Waals surface area contributed by atoms with Crippen LogP contribution in [-0.4, -0.2) is 33.0 Å². The first-order valence-electron chi connectivity index (χ1n) is 7.73. The van der Waals surface area contributed by atoms with Gasteiger partial charge in [-0.25, -0.2) is 4.68 Å². The molecule has 1 aliphatic carbocycles. The molecule has 1 saturated carbocycles. The van der Waals surface area contributed by atoms with Gasteiger partial charge < -0.3 is 9.47 Å². The molecule has 2 fully saturated rings. The van der Waals surface area contributed by atoms with E-state index in [4.69, 9.17) is 9.47 Å². The molecule has 112 valence electrons. The van der Waals surface area contributed by atoms with Gasteiger partial charge >= 0.3 is 0 Å². The zero-order chi connectivity index (χ0) is 14.3. The smallest absolute Gasteiger partial charge is 0.166 e. The lowest BCUT2D eigenvalue weighted by Gasteiger charge is -2.24. The Morgan fingerprint density at radius 1 is 1.40 bits per heavy atom. The van der Waals surface area contributed by atoms with Crippen LogP contribution < -0.4 is 0 Å². The molecule has 0 aromatic carbocycles. The number of aromatic nitrogens is 3. The van der Waals surface area contributed by atoms with Gasteiger partial charge in [-0.2, -0.15) is 0 Å². The molecule has 2 heterocycles. The molecule has 4 unspecified atom stereocenters. The highest BCUT2D eigenvalue weighted by Crippen LogP contribution is 2.42. The topological polar surface area (TPSA) is 49.2 Å². The van der Waals surface area contributed by atoms with E-state index in [2.05, 4.69) is 38.0 Å². The van der Waals surface area contributed by atoms with Crippen molar-refractivity contribution in [3.05, 3.63) is 11.9 Å². The van der Waals surface area contributed by atoms with E-state index in [1.54, 1.807) is 0 Å². The van der Waals surface area contributed by atoms with Crippen LogP contribution >= 0.6 is 0 Å². The summed E-state index contributed by atoms with van der Waals surface area (Å²) in [4.78, 5) is 0. The summed E-state index contributed by atoms with van der Waals surface area (Å²) >= 11 is 0. The van der Waals surface area contributed by atoms with E-state index in [-0.39, 0.29) is 6.10 Å².